The number of esters is 2. The van der Waals surface area contributed by atoms with Crippen molar-refractivity contribution in [3.63, 3.8) is 0 Å². The Morgan fingerprint density at radius 2 is 0.623 bits per heavy atom. The van der Waals surface area contributed by atoms with Gasteiger partial charge in [0.25, 0.3) is 0 Å². The highest BCUT2D eigenvalue weighted by Gasteiger charge is 2.16. The van der Waals surface area contributed by atoms with Gasteiger partial charge in [-0.1, -0.05) is 270 Å². The van der Waals surface area contributed by atoms with Crippen LogP contribution in [-0.2, 0) is 19.1 Å². The maximum atomic E-state index is 12.3. The van der Waals surface area contributed by atoms with E-state index in [1.54, 1.807) is 0 Å². The monoisotopic (exact) mass is 955 g/mol. The van der Waals surface area contributed by atoms with Crippen molar-refractivity contribution in [1.82, 2.24) is 0 Å². The molecule has 1 atom stereocenters. The molecule has 0 aromatic rings. The molecule has 0 heterocycles. The van der Waals surface area contributed by atoms with Crippen LogP contribution in [0.5, 0.6) is 0 Å². The third-order valence-electron chi connectivity index (χ3n) is 12.0. The van der Waals surface area contributed by atoms with Gasteiger partial charge in [-0.3, -0.25) is 9.59 Å². The molecule has 5 nitrogen and oxygen atoms in total. The third kappa shape index (κ3) is 56.8. The second kappa shape index (κ2) is 58.6. The summed E-state index contributed by atoms with van der Waals surface area (Å²) in [7, 11) is 0. The molecule has 1 unspecified atom stereocenters. The Balaban J connectivity index is 3.59. The Labute approximate surface area is 426 Å². The van der Waals surface area contributed by atoms with E-state index >= 15 is 0 Å². The van der Waals surface area contributed by atoms with Crippen LogP contribution >= 0.6 is 0 Å². The first-order chi connectivity index (χ1) is 34.1. The van der Waals surface area contributed by atoms with Crippen LogP contribution in [0.1, 0.15) is 251 Å². The average molecular weight is 956 g/mol. The van der Waals surface area contributed by atoms with Crippen molar-refractivity contribution in [2.45, 2.75) is 258 Å². The molecule has 0 rings (SSSR count). The summed E-state index contributed by atoms with van der Waals surface area (Å²) in [6.07, 6.45) is 85.9. The minimum atomic E-state index is -0.782. The van der Waals surface area contributed by atoms with Gasteiger partial charge in [0.05, 0.1) is 6.61 Å². The molecule has 0 aromatic carbocycles. The van der Waals surface area contributed by atoms with E-state index in [1.165, 1.54) is 116 Å². The molecule has 392 valence electrons. The lowest BCUT2D eigenvalue weighted by Crippen LogP contribution is -2.28. The molecule has 0 saturated heterocycles. The molecular weight excluding hydrogens is 849 g/mol. The first-order valence-corrected chi connectivity index (χ1v) is 28.6. The van der Waals surface area contributed by atoms with Crippen molar-refractivity contribution < 1.29 is 24.2 Å². The molecule has 0 saturated carbocycles. The van der Waals surface area contributed by atoms with Crippen LogP contribution in [0, 0.1) is 0 Å². The molecule has 0 aliphatic carbocycles. The summed E-state index contributed by atoms with van der Waals surface area (Å²) in [6, 6.07) is 0. The van der Waals surface area contributed by atoms with Gasteiger partial charge >= 0.3 is 11.9 Å². The number of hydrogen-bond acceptors (Lipinski definition) is 5. The van der Waals surface area contributed by atoms with E-state index in [1.807, 2.05) is 0 Å². The summed E-state index contributed by atoms with van der Waals surface area (Å²) in [6.45, 7) is 4.03. The van der Waals surface area contributed by atoms with E-state index in [0.29, 0.717) is 12.8 Å². The highest BCUT2D eigenvalue weighted by Crippen LogP contribution is 2.15. The Morgan fingerprint density at radius 3 is 0.942 bits per heavy atom. The normalized spacial score (nSPS) is 13.1. The van der Waals surface area contributed by atoms with Gasteiger partial charge in [0, 0.05) is 12.8 Å². The molecule has 1 N–H and O–H groups in total. The molecule has 0 aromatic heterocycles. The number of rotatable bonds is 51. The van der Waals surface area contributed by atoms with E-state index in [4.69, 9.17) is 9.47 Å². The lowest BCUT2D eigenvalue weighted by molar-refractivity contribution is -0.161. The fourth-order valence-electron chi connectivity index (χ4n) is 7.76. The lowest BCUT2D eigenvalue weighted by Gasteiger charge is -2.15. The van der Waals surface area contributed by atoms with Crippen molar-refractivity contribution in [2.24, 2.45) is 0 Å². The number of carbonyl (C=O) groups is 2. The predicted octanol–water partition coefficient (Wildman–Crippen LogP) is 19.5. The zero-order valence-electron chi connectivity index (χ0n) is 44.8. The van der Waals surface area contributed by atoms with Gasteiger partial charge in [-0.25, -0.2) is 0 Å². The number of hydrogen-bond donors (Lipinski definition) is 1. The van der Waals surface area contributed by atoms with E-state index in [0.717, 1.165) is 109 Å². The van der Waals surface area contributed by atoms with Crippen LogP contribution in [0.2, 0.25) is 0 Å². The van der Waals surface area contributed by atoms with Gasteiger partial charge < -0.3 is 14.6 Å². The summed E-state index contributed by atoms with van der Waals surface area (Å²) >= 11 is 0. The number of unbranched alkanes of at least 4 members (excludes halogenated alkanes) is 23. The Hall–Kier alpha value is -3.70. The van der Waals surface area contributed by atoms with Crippen molar-refractivity contribution in [1.29, 1.82) is 0 Å². The highest BCUT2D eigenvalue weighted by molar-refractivity contribution is 5.70. The summed E-state index contributed by atoms with van der Waals surface area (Å²) < 4.78 is 10.7. The molecule has 0 aliphatic rings. The number of carbonyl (C=O) groups excluding carboxylic acids is 2. The topological polar surface area (TPSA) is 72.8 Å². The number of allylic oxidation sites excluding steroid dienone is 20. The Kier molecular flexibility index (Phi) is 55.5. The van der Waals surface area contributed by atoms with Crippen molar-refractivity contribution in [3.8, 4) is 0 Å². The van der Waals surface area contributed by atoms with Crippen molar-refractivity contribution >= 4 is 11.9 Å². The van der Waals surface area contributed by atoms with E-state index in [-0.39, 0.29) is 25.2 Å². The number of aliphatic hydroxyl groups excluding tert-OH is 1. The van der Waals surface area contributed by atoms with Crippen LogP contribution in [0.15, 0.2) is 122 Å². The summed E-state index contributed by atoms with van der Waals surface area (Å²) in [5.74, 6) is -0.599. The standard InChI is InChI=1S/C64H106O5/c1-3-5-7-9-11-13-15-17-19-21-22-23-24-25-26-27-28-29-30-31-32-33-34-35-36-37-38-39-40-41-42-43-45-47-49-51-53-55-57-59-64(67)69-62(60-65)61-68-63(66)58-56-54-52-50-48-46-44-20-18-16-14-12-10-8-6-4-2/h5,7,11,13,17,19,22-23,25-26,28-29,31-32,34-35,37-38,40-41,62,65H,3-4,6,8-10,12,14-16,18,20-21,24,27,30,33,36,39,42-61H2,1-2H3/b7-5-,13-11-,19-17-,23-22-,26-25-,29-28-,32-31-,35-34-,38-37-,41-40-. The van der Waals surface area contributed by atoms with Crippen LogP contribution < -0.4 is 0 Å². The Morgan fingerprint density at radius 1 is 0.348 bits per heavy atom. The second-order valence-corrected chi connectivity index (χ2v) is 18.6. The van der Waals surface area contributed by atoms with Gasteiger partial charge in [-0.15, -0.1) is 0 Å². The predicted molar refractivity (Wildman–Crippen MR) is 302 cm³/mol. The maximum Gasteiger partial charge on any atom is 0.306 e. The second-order valence-electron chi connectivity index (χ2n) is 18.6. The molecule has 0 radical (unpaired) electrons. The van der Waals surface area contributed by atoms with Crippen LogP contribution in [0.25, 0.3) is 0 Å². The zero-order valence-corrected chi connectivity index (χ0v) is 44.8. The van der Waals surface area contributed by atoms with E-state index in [9.17, 15) is 14.7 Å². The summed E-state index contributed by atoms with van der Waals surface area (Å²) in [5.41, 5.74) is 0. The summed E-state index contributed by atoms with van der Waals surface area (Å²) in [5, 5.41) is 9.64. The fourth-order valence-corrected chi connectivity index (χ4v) is 7.76. The molecule has 0 amide bonds. The fraction of sp³-hybridized carbons (Fsp3) is 0.656. The number of ether oxygens (including phenoxy) is 2. The quantitative estimate of drug-likeness (QED) is 0.0374. The molecule has 5 heteroatoms. The Bertz CT molecular complexity index is 1400. The van der Waals surface area contributed by atoms with Crippen molar-refractivity contribution in [2.75, 3.05) is 13.2 Å². The molecular formula is C64H106O5. The molecule has 69 heavy (non-hydrogen) atoms. The first kappa shape index (κ1) is 65.3. The lowest BCUT2D eigenvalue weighted by atomic mass is 10.0. The summed E-state index contributed by atoms with van der Waals surface area (Å²) in [4.78, 5) is 24.5. The molecule has 0 bridgehead atoms. The van der Waals surface area contributed by atoms with Crippen LogP contribution in [0.3, 0.4) is 0 Å². The molecule has 0 fully saturated rings. The zero-order chi connectivity index (χ0) is 49.9. The smallest absolute Gasteiger partial charge is 0.306 e. The van der Waals surface area contributed by atoms with Crippen LogP contribution in [-0.4, -0.2) is 36.4 Å². The first-order valence-electron chi connectivity index (χ1n) is 28.6. The maximum absolute atomic E-state index is 12.3. The van der Waals surface area contributed by atoms with Gasteiger partial charge in [-0.05, 0) is 89.9 Å². The average Bonchev–Trinajstić information content (AvgIpc) is 3.35. The number of aliphatic hydroxyl groups is 1. The third-order valence-corrected chi connectivity index (χ3v) is 12.0. The highest BCUT2D eigenvalue weighted by atomic mass is 16.6. The van der Waals surface area contributed by atoms with E-state index in [2.05, 4.69) is 135 Å². The van der Waals surface area contributed by atoms with Gasteiger partial charge in [0.15, 0.2) is 6.10 Å². The molecule has 0 aliphatic heterocycles. The van der Waals surface area contributed by atoms with Crippen LogP contribution in [0.4, 0.5) is 0 Å². The van der Waals surface area contributed by atoms with E-state index < -0.39 is 6.10 Å². The minimum absolute atomic E-state index is 0.0720. The largest absolute Gasteiger partial charge is 0.462 e. The molecule has 0 spiro atoms. The van der Waals surface area contributed by atoms with Gasteiger partial charge in [0.2, 0.25) is 0 Å². The van der Waals surface area contributed by atoms with Crippen molar-refractivity contribution in [3.05, 3.63) is 122 Å². The SMILES string of the molecule is CC/C=C\C/C=C\C/C=C\C/C=C\C/C=C\C/C=C\C/C=C\C/C=C\C/C=C\C/C=C\CCCCCCCCCCC(=O)OC(CO)COC(=O)CCCCCCCCCCCCCCCCCC. The minimum Gasteiger partial charge on any atom is -0.462 e. The van der Waals surface area contributed by atoms with Gasteiger partial charge in [-0.2, -0.15) is 0 Å². The van der Waals surface area contributed by atoms with Gasteiger partial charge in [0.1, 0.15) is 6.61 Å².